The Bertz CT molecular complexity index is 945. The number of aromatic nitrogens is 2. The Kier molecular flexibility index (Phi) is 4.00. The quantitative estimate of drug-likeness (QED) is 0.747. The van der Waals surface area contributed by atoms with Gasteiger partial charge >= 0.3 is 0 Å². The van der Waals surface area contributed by atoms with E-state index in [1.165, 1.54) is 11.1 Å². The second kappa shape index (κ2) is 6.33. The van der Waals surface area contributed by atoms with Gasteiger partial charge in [-0.15, -0.1) is 6.58 Å². The number of ether oxygens (including phenoxy) is 3. The van der Waals surface area contributed by atoms with Gasteiger partial charge in [-0.3, -0.25) is 0 Å². The van der Waals surface area contributed by atoms with Crippen molar-refractivity contribution in [2.24, 2.45) is 5.41 Å². The van der Waals surface area contributed by atoms with Crippen LogP contribution in [0.2, 0.25) is 0 Å². The van der Waals surface area contributed by atoms with Gasteiger partial charge in [-0.05, 0) is 55.2 Å². The number of hydrogen-bond acceptors (Lipinski definition) is 4. The molecule has 0 N–H and O–H groups in total. The molecule has 0 amide bonds. The number of benzene rings is 1. The first-order chi connectivity index (χ1) is 13.6. The van der Waals surface area contributed by atoms with Crippen LogP contribution in [0, 0.1) is 5.41 Å². The second-order valence-corrected chi connectivity index (χ2v) is 8.15. The van der Waals surface area contributed by atoms with E-state index in [1.54, 1.807) is 7.11 Å². The molecule has 2 fully saturated rings. The van der Waals surface area contributed by atoms with E-state index in [0.29, 0.717) is 6.61 Å². The third-order valence-corrected chi connectivity index (χ3v) is 6.65. The standard InChI is InChI=1S/C23H26N2O3/c1-4-19-15-27-23(28-19)11-5-6-17-12-21-16(13-22(17,23)2)14-24-25(21)18-7-9-20(26-3)10-8-18/h4,7-10,12,14,19H,1,5-6,11,13,15H2,2-3H3/t19-,22+,23?/m1/s1. The minimum Gasteiger partial charge on any atom is -0.497 e. The summed E-state index contributed by atoms with van der Waals surface area (Å²) in [4.78, 5) is 0. The van der Waals surface area contributed by atoms with E-state index < -0.39 is 5.79 Å². The van der Waals surface area contributed by atoms with Crippen molar-refractivity contribution >= 4 is 6.08 Å². The summed E-state index contributed by atoms with van der Waals surface area (Å²) in [5.74, 6) is 0.285. The molecular weight excluding hydrogens is 352 g/mol. The Morgan fingerprint density at radius 2 is 2.14 bits per heavy atom. The molecule has 1 aliphatic heterocycles. The van der Waals surface area contributed by atoms with Crippen LogP contribution in [0.15, 0.2) is 48.7 Å². The van der Waals surface area contributed by atoms with Crippen LogP contribution in [0.4, 0.5) is 0 Å². The molecule has 5 rings (SSSR count). The van der Waals surface area contributed by atoms with Crippen LogP contribution in [0.25, 0.3) is 11.8 Å². The van der Waals surface area contributed by atoms with Crippen LogP contribution in [0.5, 0.6) is 5.75 Å². The summed E-state index contributed by atoms with van der Waals surface area (Å²) in [6.45, 7) is 6.77. The molecule has 0 bridgehead atoms. The van der Waals surface area contributed by atoms with Crippen LogP contribution < -0.4 is 4.74 Å². The fraction of sp³-hybridized carbons (Fsp3) is 0.435. The summed E-state index contributed by atoms with van der Waals surface area (Å²) in [5.41, 5.74) is 4.65. The molecule has 2 heterocycles. The Morgan fingerprint density at radius 1 is 1.32 bits per heavy atom. The van der Waals surface area contributed by atoms with E-state index in [-0.39, 0.29) is 11.5 Å². The molecule has 5 heteroatoms. The molecule has 3 aliphatic rings. The zero-order valence-electron chi connectivity index (χ0n) is 16.5. The number of hydrogen-bond donors (Lipinski definition) is 0. The molecule has 1 saturated heterocycles. The monoisotopic (exact) mass is 378 g/mol. The maximum atomic E-state index is 6.42. The van der Waals surface area contributed by atoms with Crippen molar-refractivity contribution in [2.75, 3.05) is 13.7 Å². The van der Waals surface area contributed by atoms with Gasteiger partial charge in [0.1, 0.15) is 11.9 Å². The molecule has 28 heavy (non-hydrogen) atoms. The SMILES string of the molecule is C=C[C@@H]1COC2(CCCC3=Cc4c(cnn4-c4ccc(OC)cc4)C[C@@]32C)O1. The first-order valence-corrected chi connectivity index (χ1v) is 9.95. The first kappa shape index (κ1) is 17.7. The van der Waals surface area contributed by atoms with Crippen LogP contribution >= 0.6 is 0 Å². The van der Waals surface area contributed by atoms with E-state index in [2.05, 4.69) is 19.6 Å². The summed E-state index contributed by atoms with van der Waals surface area (Å²) < 4.78 is 20.0. The minimum atomic E-state index is -0.560. The number of fused-ring (bicyclic) bond motifs is 3. The molecule has 5 nitrogen and oxygen atoms in total. The van der Waals surface area contributed by atoms with E-state index in [9.17, 15) is 0 Å². The van der Waals surface area contributed by atoms with Gasteiger partial charge in [-0.1, -0.05) is 18.6 Å². The van der Waals surface area contributed by atoms with Gasteiger partial charge in [-0.2, -0.15) is 5.10 Å². The van der Waals surface area contributed by atoms with Crippen molar-refractivity contribution < 1.29 is 14.2 Å². The summed E-state index contributed by atoms with van der Waals surface area (Å²) >= 11 is 0. The zero-order chi connectivity index (χ0) is 19.4. The summed E-state index contributed by atoms with van der Waals surface area (Å²) in [7, 11) is 1.68. The minimum absolute atomic E-state index is 0.0282. The van der Waals surface area contributed by atoms with E-state index >= 15 is 0 Å². The highest BCUT2D eigenvalue weighted by Gasteiger charge is 2.59. The molecule has 3 atom stereocenters. The number of nitrogens with zero attached hydrogens (tertiary/aromatic N) is 2. The lowest BCUT2D eigenvalue weighted by Gasteiger charge is -2.51. The summed E-state index contributed by atoms with van der Waals surface area (Å²) in [5, 5.41) is 4.69. The molecule has 0 radical (unpaired) electrons. The maximum Gasteiger partial charge on any atom is 0.178 e. The summed E-state index contributed by atoms with van der Waals surface area (Å²) in [6.07, 6.45) is 10.0. The lowest BCUT2D eigenvalue weighted by Crippen LogP contribution is -2.53. The Morgan fingerprint density at radius 3 is 2.86 bits per heavy atom. The zero-order valence-corrected chi connectivity index (χ0v) is 16.5. The fourth-order valence-electron chi connectivity index (χ4n) is 5.01. The summed E-state index contributed by atoms with van der Waals surface area (Å²) in [6, 6.07) is 8.01. The van der Waals surface area contributed by atoms with Crippen LogP contribution in [-0.4, -0.2) is 35.4 Å². The van der Waals surface area contributed by atoms with Crippen LogP contribution in [0.1, 0.15) is 37.4 Å². The van der Waals surface area contributed by atoms with Crippen LogP contribution in [0.3, 0.4) is 0 Å². The smallest absolute Gasteiger partial charge is 0.178 e. The Labute approximate surface area is 165 Å². The molecule has 1 aromatic carbocycles. The third kappa shape index (κ3) is 2.43. The van der Waals surface area contributed by atoms with Crippen molar-refractivity contribution in [3.63, 3.8) is 0 Å². The number of rotatable bonds is 3. The van der Waals surface area contributed by atoms with Gasteiger partial charge in [0.2, 0.25) is 0 Å². The maximum absolute atomic E-state index is 6.42. The van der Waals surface area contributed by atoms with E-state index in [0.717, 1.165) is 42.8 Å². The highest BCUT2D eigenvalue weighted by atomic mass is 16.7. The largest absolute Gasteiger partial charge is 0.497 e. The highest BCUT2D eigenvalue weighted by Crippen LogP contribution is 2.57. The van der Waals surface area contributed by atoms with Gasteiger partial charge in [0, 0.05) is 11.8 Å². The molecule has 1 spiro atoms. The van der Waals surface area contributed by atoms with Gasteiger partial charge in [0.05, 0.1) is 31.3 Å². The van der Waals surface area contributed by atoms with Gasteiger partial charge in [0.25, 0.3) is 0 Å². The van der Waals surface area contributed by atoms with Crippen LogP contribution in [-0.2, 0) is 15.9 Å². The average molecular weight is 378 g/mol. The molecule has 2 aromatic rings. The van der Waals surface area contributed by atoms with Gasteiger partial charge in [0.15, 0.2) is 5.79 Å². The Balaban J connectivity index is 1.55. The van der Waals surface area contributed by atoms with Gasteiger partial charge in [-0.25, -0.2) is 4.68 Å². The number of methoxy groups -OCH3 is 1. The lowest BCUT2D eigenvalue weighted by molar-refractivity contribution is -0.239. The van der Waals surface area contributed by atoms with E-state index in [4.69, 9.17) is 19.3 Å². The predicted octanol–water partition coefficient (Wildman–Crippen LogP) is 4.31. The third-order valence-electron chi connectivity index (χ3n) is 6.65. The van der Waals surface area contributed by atoms with Crippen molar-refractivity contribution in [3.8, 4) is 11.4 Å². The van der Waals surface area contributed by atoms with Crippen molar-refractivity contribution in [3.05, 3.63) is 59.9 Å². The fourth-order valence-corrected chi connectivity index (χ4v) is 5.01. The lowest BCUT2D eigenvalue weighted by atomic mass is 9.62. The molecule has 146 valence electrons. The van der Waals surface area contributed by atoms with Gasteiger partial charge < -0.3 is 14.2 Å². The molecular formula is C23H26N2O3. The highest BCUT2D eigenvalue weighted by molar-refractivity contribution is 5.62. The topological polar surface area (TPSA) is 45.5 Å². The molecule has 1 unspecified atom stereocenters. The Hall–Kier alpha value is -2.37. The first-order valence-electron chi connectivity index (χ1n) is 9.95. The van der Waals surface area contributed by atoms with Crippen molar-refractivity contribution in [1.29, 1.82) is 0 Å². The molecule has 1 saturated carbocycles. The normalized spacial score (nSPS) is 31.2. The second-order valence-electron chi connectivity index (χ2n) is 8.15. The molecule has 1 aromatic heterocycles. The van der Waals surface area contributed by atoms with Crippen molar-refractivity contribution in [1.82, 2.24) is 9.78 Å². The van der Waals surface area contributed by atoms with Crippen molar-refractivity contribution in [2.45, 2.75) is 44.5 Å². The van der Waals surface area contributed by atoms with E-state index in [1.807, 2.05) is 41.2 Å². The molecule has 2 aliphatic carbocycles. The average Bonchev–Trinajstić information content (AvgIpc) is 3.32. The predicted molar refractivity (Wildman–Crippen MR) is 108 cm³/mol.